The maximum Gasteiger partial charge on any atom is 0.416 e. The van der Waals surface area contributed by atoms with Crippen LogP contribution in [0.2, 0.25) is 0 Å². The lowest BCUT2D eigenvalue weighted by molar-refractivity contribution is -0.137. The van der Waals surface area contributed by atoms with E-state index in [9.17, 15) is 13.2 Å². The molecule has 0 bridgehead atoms. The molecular weight excluding hydrogens is 267 g/mol. The summed E-state index contributed by atoms with van der Waals surface area (Å²) in [6.07, 6.45) is -2.50. The van der Waals surface area contributed by atoms with Crippen LogP contribution in [0.3, 0.4) is 0 Å². The minimum absolute atomic E-state index is 0.137. The quantitative estimate of drug-likeness (QED) is 0.620. The number of rotatable bonds is 6. The summed E-state index contributed by atoms with van der Waals surface area (Å²) >= 11 is 0. The fraction of sp³-hybridized carbons (Fsp3) is 0.500. The molecule has 0 radical (unpaired) electrons. The topological polar surface area (TPSA) is 53.1 Å². The fourth-order valence-corrected chi connectivity index (χ4v) is 2.00. The highest BCUT2D eigenvalue weighted by Crippen LogP contribution is 2.32. The maximum absolute atomic E-state index is 12.7. The van der Waals surface area contributed by atoms with Crippen LogP contribution >= 0.6 is 0 Å². The van der Waals surface area contributed by atoms with E-state index in [0.717, 1.165) is 31.5 Å². The van der Waals surface area contributed by atoms with Crippen molar-refractivity contribution in [2.75, 3.05) is 18.0 Å². The number of nitrogens with two attached hydrogens (primary N) is 1. The average Bonchev–Trinajstić information content (AvgIpc) is 2.38. The second kappa shape index (κ2) is 6.63. The van der Waals surface area contributed by atoms with Crippen LogP contribution in [-0.2, 0) is 6.18 Å². The van der Waals surface area contributed by atoms with Crippen LogP contribution in [0.25, 0.3) is 0 Å². The van der Waals surface area contributed by atoms with Crippen LogP contribution in [0.15, 0.2) is 18.2 Å². The van der Waals surface area contributed by atoms with Gasteiger partial charge in [0.05, 0.1) is 5.56 Å². The van der Waals surface area contributed by atoms with E-state index in [1.165, 1.54) is 6.07 Å². The molecular formula is C14H20F3N3. The highest BCUT2D eigenvalue weighted by Gasteiger charge is 2.31. The summed E-state index contributed by atoms with van der Waals surface area (Å²) in [5.41, 5.74) is 5.38. The van der Waals surface area contributed by atoms with Crippen molar-refractivity contribution >= 4 is 11.5 Å². The Hall–Kier alpha value is -1.72. The number of anilines is 1. The Labute approximate surface area is 117 Å². The molecule has 0 aliphatic carbocycles. The van der Waals surface area contributed by atoms with Gasteiger partial charge in [0.25, 0.3) is 0 Å². The second-order valence-electron chi connectivity index (χ2n) is 4.58. The SMILES string of the molecule is CCCCN(CC)c1ccc(C(F)(F)F)cc1C(=N)N. The summed E-state index contributed by atoms with van der Waals surface area (Å²) in [5, 5.41) is 7.51. The van der Waals surface area contributed by atoms with Gasteiger partial charge in [0.1, 0.15) is 5.84 Å². The first-order valence-corrected chi connectivity index (χ1v) is 6.61. The van der Waals surface area contributed by atoms with E-state index < -0.39 is 11.7 Å². The lowest BCUT2D eigenvalue weighted by Crippen LogP contribution is -2.27. The average molecular weight is 287 g/mol. The van der Waals surface area contributed by atoms with E-state index in [1.807, 2.05) is 18.7 Å². The highest BCUT2D eigenvalue weighted by molar-refractivity contribution is 6.00. The maximum atomic E-state index is 12.7. The number of nitrogens with one attached hydrogen (secondary N) is 1. The Morgan fingerprint density at radius 2 is 1.95 bits per heavy atom. The number of hydrogen-bond donors (Lipinski definition) is 2. The molecule has 1 aromatic carbocycles. The Bertz CT molecular complexity index is 469. The van der Waals surface area contributed by atoms with Crippen molar-refractivity contribution in [3.8, 4) is 0 Å². The molecule has 0 amide bonds. The van der Waals surface area contributed by atoms with E-state index in [0.29, 0.717) is 12.2 Å². The Morgan fingerprint density at radius 1 is 1.30 bits per heavy atom. The number of nitrogen functional groups attached to an aromatic ring is 1. The third-order valence-electron chi connectivity index (χ3n) is 3.12. The third-order valence-corrected chi connectivity index (χ3v) is 3.12. The molecule has 0 spiro atoms. The van der Waals surface area contributed by atoms with Crippen LogP contribution in [0.1, 0.15) is 37.8 Å². The van der Waals surface area contributed by atoms with Gasteiger partial charge in [0, 0.05) is 24.3 Å². The molecule has 0 saturated heterocycles. The van der Waals surface area contributed by atoms with Gasteiger partial charge in [0.15, 0.2) is 0 Å². The molecule has 6 heteroatoms. The number of benzene rings is 1. The van der Waals surface area contributed by atoms with Gasteiger partial charge < -0.3 is 10.6 Å². The van der Waals surface area contributed by atoms with E-state index in [4.69, 9.17) is 11.1 Å². The number of unbranched alkanes of at least 4 members (excludes halogenated alkanes) is 1. The summed E-state index contributed by atoms with van der Waals surface area (Å²) in [5.74, 6) is -0.346. The number of hydrogen-bond acceptors (Lipinski definition) is 2. The van der Waals surface area contributed by atoms with Gasteiger partial charge in [-0.25, -0.2) is 0 Å². The molecule has 0 aliphatic heterocycles. The van der Waals surface area contributed by atoms with E-state index >= 15 is 0 Å². The van der Waals surface area contributed by atoms with Crippen molar-refractivity contribution in [1.29, 1.82) is 5.41 Å². The lowest BCUT2D eigenvalue weighted by Gasteiger charge is -2.26. The predicted molar refractivity (Wildman–Crippen MR) is 75.3 cm³/mol. The summed E-state index contributed by atoms with van der Waals surface area (Å²) in [7, 11) is 0. The van der Waals surface area contributed by atoms with Crippen molar-refractivity contribution in [3.63, 3.8) is 0 Å². The molecule has 112 valence electrons. The highest BCUT2D eigenvalue weighted by atomic mass is 19.4. The lowest BCUT2D eigenvalue weighted by atomic mass is 10.1. The van der Waals surface area contributed by atoms with Crippen LogP contribution in [0.4, 0.5) is 18.9 Å². The molecule has 0 atom stereocenters. The Balaban J connectivity index is 3.22. The minimum atomic E-state index is -4.43. The van der Waals surface area contributed by atoms with E-state index in [2.05, 4.69) is 0 Å². The standard InChI is InChI=1S/C14H20F3N3/c1-3-5-8-20(4-2)12-7-6-10(14(15,16)17)9-11(12)13(18)19/h6-7,9H,3-5,8H2,1-2H3,(H3,18,19). The molecule has 0 unspecified atom stereocenters. The molecule has 1 aromatic rings. The minimum Gasteiger partial charge on any atom is -0.384 e. The van der Waals surface area contributed by atoms with Crippen molar-refractivity contribution < 1.29 is 13.2 Å². The van der Waals surface area contributed by atoms with Crippen LogP contribution < -0.4 is 10.6 Å². The van der Waals surface area contributed by atoms with Gasteiger partial charge in [-0.1, -0.05) is 13.3 Å². The number of halogens is 3. The first kappa shape index (κ1) is 16.3. The predicted octanol–water partition coefficient (Wildman–Crippen LogP) is 3.62. The molecule has 1 rings (SSSR count). The van der Waals surface area contributed by atoms with Gasteiger partial charge in [-0.15, -0.1) is 0 Å². The van der Waals surface area contributed by atoms with Gasteiger partial charge in [-0.2, -0.15) is 13.2 Å². The normalized spacial score (nSPS) is 11.4. The van der Waals surface area contributed by atoms with Gasteiger partial charge in [-0.3, -0.25) is 5.41 Å². The molecule has 3 nitrogen and oxygen atoms in total. The number of nitrogens with zero attached hydrogens (tertiary/aromatic N) is 1. The first-order valence-electron chi connectivity index (χ1n) is 6.61. The zero-order valence-electron chi connectivity index (χ0n) is 11.7. The largest absolute Gasteiger partial charge is 0.416 e. The summed E-state index contributed by atoms with van der Waals surface area (Å²) in [6, 6.07) is 3.39. The zero-order chi connectivity index (χ0) is 15.3. The van der Waals surface area contributed by atoms with Gasteiger partial charge >= 0.3 is 6.18 Å². The number of alkyl halides is 3. The molecule has 20 heavy (non-hydrogen) atoms. The molecule has 0 aliphatic rings. The van der Waals surface area contributed by atoms with Crippen molar-refractivity contribution in [1.82, 2.24) is 0 Å². The molecule has 0 aromatic heterocycles. The molecule has 0 fully saturated rings. The van der Waals surface area contributed by atoms with Crippen LogP contribution in [0.5, 0.6) is 0 Å². The van der Waals surface area contributed by atoms with Crippen LogP contribution in [0, 0.1) is 5.41 Å². The van der Waals surface area contributed by atoms with Crippen molar-refractivity contribution in [3.05, 3.63) is 29.3 Å². The smallest absolute Gasteiger partial charge is 0.384 e. The molecule has 0 heterocycles. The second-order valence-corrected chi connectivity index (χ2v) is 4.58. The van der Waals surface area contributed by atoms with Gasteiger partial charge in [-0.05, 0) is 31.5 Å². The zero-order valence-corrected chi connectivity index (χ0v) is 11.7. The van der Waals surface area contributed by atoms with Crippen molar-refractivity contribution in [2.24, 2.45) is 5.73 Å². The van der Waals surface area contributed by atoms with Gasteiger partial charge in [0.2, 0.25) is 0 Å². The van der Waals surface area contributed by atoms with Crippen LogP contribution in [-0.4, -0.2) is 18.9 Å². The third kappa shape index (κ3) is 3.88. The Kier molecular flexibility index (Phi) is 5.42. The monoisotopic (exact) mass is 287 g/mol. The fourth-order valence-electron chi connectivity index (χ4n) is 2.00. The summed E-state index contributed by atoms with van der Waals surface area (Å²) in [6.45, 7) is 5.37. The van der Waals surface area contributed by atoms with E-state index in [1.54, 1.807) is 0 Å². The number of amidine groups is 1. The van der Waals surface area contributed by atoms with Crippen molar-refractivity contribution in [2.45, 2.75) is 32.9 Å². The Morgan fingerprint density at radius 3 is 2.40 bits per heavy atom. The molecule has 3 N–H and O–H groups in total. The summed E-state index contributed by atoms with van der Waals surface area (Å²) < 4.78 is 38.2. The molecule has 0 saturated carbocycles. The van der Waals surface area contributed by atoms with E-state index in [-0.39, 0.29) is 11.4 Å². The summed E-state index contributed by atoms with van der Waals surface area (Å²) in [4.78, 5) is 1.94. The first-order chi connectivity index (χ1) is 9.31.